The van der Waals surface area contributed by atoms with E-state index in [0.29, 0.717) is 16.9 Å². The van der Waals surface area contributed by atoms with Crippen molar-refractivity contribution < 1.29 is 19.5 Å². The summed E-state index contributed by atoms with van der Waals surface area (Å²) in [6.45, 7) is 1.69. The third-order valence-electron chi connectivity index (χ3n) is 4.10. The summed E-state index contributed by atoms with van der Waals surface area (Å²) in [5, 5.41) is 11.5. The van der Waals surface area contributed by atoms with Crippen LogP contribution in [-0.2, 0) is 14.4 Å². The molecule has 0 bridgehead atoms. The van der Waals surface area contributed by atoms with Gasteiger partial charge in [0.05, 0.1) is 0 Å². The van der Waals surface area contributed by atoms with Crippen molar-refractivity contribution >= 4 is 59.1 Å². The first-order valence-electron chi connectivity index (χ1n) is 7.40. The van der Waals surface area contributed by atoms with Gasteiger partial charge in [0.2, 0.25) is 5.91 Å². The number of carboxylic acids is 1. The molecule has 1 aromatic carbocycles. The predicted molar refractivity (Wildman–Crippen MR) is 95.9 cm³/mol. The maximum absolute atomic E-state index is 12.3. The van der Waals surface area contributed by atoms with E-state index in [9.17, 15) is 19.5 Å². The van der Waals surface area contributed by atoms with Crippen molar-refractivity contribution in [1.29, 1.82) is 0 Å². The van der Waals surface area contributed by atoms with E-state index in [4.69, 9.17) is 5.73 Å². The van der Waals surface area contributed by atoms with Crippen molar-refractivity contribution in [2.45, 2.75) is 24.4 Å². The van der Waals surface area contributed by atoms with E-state index >= 15 is 0 Å². The first kappa shape index (κ1) is 20.0. The van der Waals surface area contributed by atoms with Crippen LogP contribution in [0.1, 0.15) is 18.5 Å². The van der Waals surface area contributed by atoms with E-state index in [1.54, 1.807) is 31.2 Å². The monoisotopic (exact) mass is 371 g/mol. The number of hydrogen-bond donors (Lipinski definition) is 3. The number of carbonyl (C=O) groups excluding carboxylic acids is 2. The molecule has 4 N–H and O–H groups in total. The molecular weight excluding hydrogens is 353 g/mol. The normalized spacial score (nSPS) is 23.1. The van der Waals surface area contributed by atoms with Crippen molar-refractivity contribution in [1.82, 2.24) is 10.2 Å². The zero-order valence-corrected chi connectivity index (χ0v) is 13.7. The van der Waals surface area contributed by atoms with Crippen LogP contribution < -0.4 is 11.1 Å². The molecule has 0 radical (unpaired) electrons. The molecule has 0 spiro atoms. The van der Waals surface area contributed by atoms with Gasteiger partial charge in [-0.25, -0.2) is 4.79 Å². The van der Waals surface area contributed by atoms with Crippen LogP contribution in [0.3, 0.4) is 0 Å². The molecule has 0 aliphatic carbocycles. The molecule has 2 heterocycles. The Morgan fingerprint density at radius 1 is 1.36 bits per heavy atom. The van der Waals surface area contributed by atoms with Crippen molar-refractivity contribution in [3.63, 3.8) is 0 Å². The van der Waals surface area contributed by atoms with Gasteiger partial charge in [-0.05, 0) is 18.1 Å². The molecule has 3 rings (SSSR count). The van der Waals surface area contributed by atoms with Crippen LogP contribution in [0.4, 0.5) is 0 Å². The molecule has 2 amide bonds. The second-order valence-electron chi connectivity index (χ2n) is 5.72. The molecule has 3 atom stereocenters. The molecule has 1 aromatic rings. The number of nitrogens with zero attached hydrogens (tertiary/aromatic N) is 1. The summed E-state index contributed by atoms with van der Waals surface area (Å²) in [5.41, 5.74) is 7.24. The number of amides is 2. The first-order chi connectivity index (χ1) is 11.4. The zero-order chi connectivity index (χ0) is 17.4. The molecule has 0 aromatic heterocycles. The standard InChI is InChI=1S/C16H17N3O4S.Na.H/c1-8-7-24-15-11(14(21)19(15)12(8)16(22)23)18-13(20)10(17)9-5-3-2-4-6-9;;/h2-6,10-11,15H,7,17H2,1H3,(H,18,20)(H,22,23);;/t10?,11-,15-;;/m1../s1. The summed E-state index contributed by atoms with van der Waals surface area (Å²) in [5.74, 6) is -1.50. The van der Waals surface area contributed by atoms with E-state index < -0.39 is 35.2 Å². The number of benzene rings is 1. The Kier molecular flexibility index (Phi) is 6.34. The van der Waals surface area contributed by atoms with E-state index in [-0.39, 0.29) is 35.3 Å². The van der Waals surface area contributed by atoms with Crippen LogP contribution in [0.15, 0.2) is 41.6 Å². The van der Waals surface area contributed by atoms with Crippen LogP contribution in [0.25, 0.3) is 0 Å². The van der Waals surface area contributed by atoms with Crippen molar-refractivity contribution in [2.24, 2.45) is 5.73 Å². The van der Waals surface area contributed by atoms with Gasteiger partial charge in [0.1, 0.15) is 23.2 Å². The fourth-order valence-electron chi connectivity index (χ4n) is 2.83. The van der Waals surface area contributed by atoms with E-state index in [1.807, 2.05) is 6.07 Å². The summed E-state index contributed by atoms with van der Waals surface area (Å²) in [6.07, 6.45) is 0. The minimum atomic E-state index is -1.13. The van der Waals surface area contributed by atoms with Crippen LogP contribution in [0.5, 0.6) is 0 Å². The molecule has 0 saturated carbocycles. The SMILES string of the molecule is CC1=C(C(=O)O)N2C(=O)[C@@H](NC(=O)C(N)c3ccccc3)[C@H]2SC1.[NaH]. The molecule has 128 valence electrons. The maximum atomic E-state index is 12.3. The Morgan fingerprint density at radius 2 is 2.00 bits per heavy atom. The number of fused-ring (bicyclic) bond motifs is 1. The topological polar surface area (TPSA) is 113 Å². The van der Waals surface area contributed by atoms with Gasteiger partial charge in [0.15, 0.2) is 0 Å². The zero-order valence-electron chi connectivity index (χ0n) is 12.9. The third-order valence-corrected chi connectivity index (χ3v) is 5.52. The van der Waals surface area contributed by atoms with Gasteiger partial charge in [-0.1, -0.05) is 30.3 Å². The van der Waals surface area contributed by atoms with Gasteiger partial charge in [0.25, 0.3) is 5.91 Å². The Bertz CT molecular complexity index is 740. The van der Waals surface area contributed by atoms with Crippen molar-refractivity contribution in [3.8, 4) is 0 Å². The van der Waals surface area contributed by atoms with Gasteiger partial charge in [0, 0.05) is 5.75 Å². The summed E-state index contributed by atoms with van der Waals surface area (Å²) < 4.78 is 0. The number of aliphatic carboxylic acids is 1. The summed E-state index contributed by atoms with van der Waals surface area (Å²) in [7, 11) is 0. The fourth-order valence-corrected chi connectivity index (χ4v) is 4.12. The minimum absolute atomic E-state index is 0. The molecule has 9 heteroatoms. The fraction of sp³-hybridized carbons (Fsp3) is 0.312. The number of nitrogens with one attached hydrogen (secondary N) is 1. The number of hydrogen-bond acceptors (Lipinski definition) is 5. The molecule has 1 saturated heterocycles. The average Bonchev–Trinajstić information content (AvgIpc) is 2.59. The van der Waals surface area contributed by atoms with E-state index in [0.717, 1.165) is 0 Å². The molecule has 7 nitrogen and oxygen atoms in total. The number of β-lactam (4-membered cyclic amide) rings is 1. The van der Waals surface area contributed by atoms with Crippen molar-refractivity contribution in [2.75, 3.05) is 5.75 Å². The molecule has 2 aliphatic heterocycles. The quantitative estimate of drug-likeness (QED) is 0.499. The predicted octanol–water partition coefficient (Wildman–Crippen LogP) is -0.204. The Labute approximate surface area is 171 Å². The Hall–Kier alpha value is -1.32. The number of thioether (sulfide) groups is 1. The summed E-state index contributed by atoms with van der Waals surface area (Å²) in [6, 6.07) is 7.23. The van der Waals surface area contributed by atoms with Crippen LogP contribution in [0.2, 0.25) is 0 Å². The van der Waals surface area contributed by atoms with Gasteiger partial charge >= 0.3 is 35.5 Å². The second-order valence-corrected chi connectivity index (χ2v) is 6.82. The van der Waals surface area contributed by atoms with Crippen LogP contribution >= 0.6 is 11.8 Å². The van der Waals surface area contributed by atoms with Gasteiger partial charge in [-0.3, -0.25) is 14.5 Å². The molecule has 25 heavy (non-hydrogen) atoms. The Morgan fingerprint density at radius 3 is 2.60 bits per heavy atom. The number of carboxylic acid groups (broad SMARTS) is 1. The van der Waals surface area contributed by atoms with E-state index in [1.165, 1.54) is 16.7 Å². The molecule has 2 aliphatic rings. The average molecular weight is 371 g/mol. The third kappa shape index (κ3) is 3.63. The number of rotatable bonds is 4. The van der Waals surface area contributed by atoms with Crippen LogP contribution in [-0.4, -0.2) is 74.5 Å². The summed E-state index contributed by atoms with van der Waals surface area (Å²) >= 11 is 1.43. The van der Waals surface area contributed by atoms with Gasteiger partial charge in [-0.15, -0.1) is 11.8 Å². The van der Waals surface area contributed by atoms with Gasteiger partial charge in [-0.2, -0.15) is 0 Å². The number of nitrogens with two attached hydrogens (primary N) is 1. The Balaban J connectivity index is 0.00000225. The molecule has 1 unspecified atom stereocenters. The molecular formula is C16H18N3NaO4S. The molecule has 1 fully saturated rings. The first-order valence-corrected chi connectivity index (χ1v) is 8.45. The second kappa shape index (κ2) is 7.92. The van der Waals surface area contributed by atoms with E-state index in [2.05, 4.69) is 5.32 Å². The number of carbonyl (C=O) groups is 3. The summed E-state index contributed by atoms with van der Waals surface area (Å²) in [4.78, 5) is 37.2. The van der Waals surface area contributed by atoms with Crippen molar-refractivity contribution in [3.05, 3.63) is 47.2 Å². The van der Waals surface area contributed by atoms with Crippen LogP contribution in [0, 0.1) is 0 Å². The van der Waals surface area contributed by atoms with Gasteiger partial charge < -0.3 is 16.2 Å².